The molecule has 3 aliphatic heterocycles. The minimum absolute atomic E-state index is 0. The highest BCUT2D eigenvalue weighted by Gasteiger charge is 2.38. The van der Waals surface area contributed by atoms with Gasteiger partial charge in [-0.15, -0.1) is 12.4 Å². The average Bonchev–Trinajstić information content (AvgIpc) is 2.90. The molecule has 0 atom stereocenters. The molecule has 0 radical (unpaired) electrons. The van der Waals surface area contributed by atoms with Crippen LogP contribution in [0.15, 0.2) is 24.3 Å². The van der Waals surface area contributed by atoms with Crippen LogP contribution in [-0.4, -0.2) is 48.6 Å². The van der Waals surface area contributed by atoms with Crippen LogP contribution in [0.4, 0.5) is 0 Å². The Kier molecular flexibility index (Phi) is 9.15. The number of aryl methyl sites for hydroxylation is 1. The quantitative estimate of drug-likeness (QED) is 0.486. The Hall–Kier alpha value is -1.59. The average molecular weight is 503 g/mol. The van der Waals surface area contributed by atoms with Crippen molar-refractivity contribution >= 4 is 24.3 Å². The van der Waals surface area contributed by atoms with Gasteiger partial charge in [0.05, 0.1) is 5.92 Å². The summed E-state index contributed by atoms with van der Waals surface area (Å²) in [6.45, 7) is 3.84. The van der Waals surface area contributed by atoms with Crippen molar-refractivity contribution in [1.82, 2.24) is 10.2 Å². The van der Waals surface area contributed by atoms with Crippen LogP contribution in [0.25, 0.3) is 0 Å². The maximum atomic E-state index is 12.8. The van der Waals surface area contributed by atoms with Gasteiger partial charge in [-0.1, -0.05) is 18.6 Å². The van der Waals surface area contributed by atoms with Gasteiger partial charge in [0.15, 0.2) is 0 Å². The number of rotatable bonds is 7. The summed E-state index contributed by atoms with van der Waals surface area (Å²) in [7, 11) is 0. The molecule has 3 heterocycles. The number of amides is 1. The minimum Gasteiger partial charge on any atom is -0.462 e. The number of hydrogen-bond donors (Lipinski definition) is 1. The molecule has 5 nitrogen and oxygen atoms in total. The van der Waals surface area contributed by atoms with Gasteiger partial charge in [-0.05, 0) is 126 Å². The summed E-state index contributed by atoms with van der Waals surface area (Å²) in [5.41, 5.74) is 2.65. The Bertz CT molecular complexity index is 822. The summed E-state index contributed by atoms with van der Waals surface area (Å²) in [5, 5.41) is 3.20. The van der Waals surface area contributed by atoms with E-state index >= 15 is 0 Å². The predicted molar refractivity (Wildman–Crippen MR) is 141 cm³/mol. The number of nitrogens with one attached hydrogen (secondary N) is 1. The third kappa shape index (κ3) is 6.80. The van der Waals surface area contributed by atoms with Gasteiger partial charge in [0.25, 0.3) is 5.91 Å². The van der Waals surface area contributed by atoms with Crippen molar-refractivity contribution in [3.8, 4) is 0 Å². The van der Waals surface area contributed by atoms with Crippen LogP contribution in [0.2, 0.25) is 0 Å². The number of esters is 1. The lowest BCUT2D eigenvalue weighted by Crippen LogP contribution is -2.48. The molecule has 5 fully saturated rings. The molecule has 0 unspecified atom stereocenters. The number of carbonyl (C=O) groups is 2. The largest absolute Gasteiger partial charge is 0.462 e. The second-order valence-electron chi connectivity index (χ2n) is 11.5. The van der Waals surface area contributed by atoms with Crippen molar-refractivity contribution in [2.45, 2.75) is 102 Å². The van der Waals surface area contributed by atoms with Crippen molar-refractivity contribution in [3.05, 3.63) is 35.4 Å². The molecule has 194 valence electrons. The Morgan fingerprint density at radius 1 is 0.886 bits per heavy atom. The zero-order valence-electron chi connectivity index (χ0n) is 21.1. The number of fused-ring (bicyclic) bond motifs is 3. The summed E-state index contributed by atoms with van der Waals surface area (Å²) < 4.78 is 5.77. The van der Waals surface area contributed by atoms with Gasteiger partial charge in [-0.3, -0.25) is 9.59 Å². The van der Waals surface area contributed by atoms with Crippen LogP contribution in [-0.2, 0) is 16.0 Å². The number of benzene rings is 1. The molecule has 1 amide bonds. The lowest BCUT2D eigenvalue weighted by atomic mass is 9.69. The second kappa shape index (κ2) is 12.1. The summed E-state index contributed by atoms with van der Waals surface area (Å²) in [6.07, 6.45) is 15.6. The van der Waals surface area contributed by atoms with E-state index < -0.39 is 0 Å². The van der Waals surface area contributed by atoms with Crippen molar-refractivity contribution in [1.29, 1.82) is 0 Å². The molecule has 2 saturated carbocycles. The maximum absolute atomic E-state index is 12.8. The van der Waals surface area contributed by atoms with Gasteiger partial charge in [-0.2, -0.15) is 0 Å². The summed E-state index contributed by atoms with van der Waals surface area (Å²) in [6, 6.07) is 8.41. The lowest BCUT2D eigenvalue weighted by molar-refractivity contribution is -0.156. The molecule has 1 aromatic rings. The molecule has 1 N–H and O–H groups in total. The molecule has 2 aliphatic carbocycles. The first-order valence-corrected chi connectivity index (χ1v) is 13.9. The molecule has 6 rings (SSSR count). The molecule has 6 heteroatoms. The van der Waals surface area contributed by atoms with Crippen LogP contribution in [0.1, 0.15) is 99.4 Å². The smallest absolute Gasteiger partial charge is 0.309 e. The maximum Gasteiger partial charge on any atom is 0.309 e. The van der Waals surface area contributed by atoms with Gasteiger partial charge in [0, 0.05) is 11.6 Å². The topological polar surface area (TPSA) is 58.6 Å². The van der Waals surface area contributed by atoms with E-state index in [4.69, 9.17) is 4.74 Å². The monoisotopic (exact) mass is 502 g/mol. The van der Waals surface area contributed by atoms with E-state index in [9.17, 15) is 9.59 Å². The highest BCUT2D eigenvalue weighted by atomic mass is 35.5. The molecular formula is C29H43ClN2O3. The summed E-state index contributed by atoms with van der Waals surface area (Å²) >= 11 is 0. The SMILES string of the molecule is Cl.O=C(NC1CCC(C(=O)OC2CCCCC2)CC1)c1ccc(CCC23CCN(CC2)CC3)cc1. The van der Waals surface area contributed by atoms with E-state index in [1.54, 1.807) is 0 Å². The van der Waals surface area contributed by atoms with E-state index in [0.29, 0.717) is 5.41 Å². The number of carbonyl (C=O) groups excluding carboxylic acids is 2. The number of piperidine rings is 3. The lowest BCUT2D eigenvalue weighted by Gasteiger charge is -2.48. The van der Waals surface area contributed by atoms with Gasteiger partial charge >= 0.3 is 5.97 Å². The number of ether oxygens (including phenoxy) is 1. The Morgan fingerprint density at radius 2 is 1.51 bits per heavy atom. The molecule has 1 aromatic carbocycles. The van der Waals surface area contributed by atoms with Crippen LogP contribution in [0, 0.1) is 11.3 Å². The van der Waals surface area contributed by atoms with Gasteiger partial charge < -0.3 is 15.0 Å². The van der Waals surface area contributed by atoms with E-state index in [1.807, 2.05) is 12.1 Å². The zero-order valence-corrected chi connectivity index (χ0v) is 22.0. The van der Waals surface area contributed by atoms with Crippen LogP contribution < -0.4 is 5.32 Å². The summed E-state index contributed by atoms with van der Waals surface area (Å²) in [5.74, 6) is 0.00819. The Labute approximate surface area is 217 Å². The fourth-order valence-electron chi connectivity index (χ4n) is 6.69. The molecule has 0 aromatic heterocycles. The van der Waals surface area contributed by atoms with E-state index in [-0.39, 0.29) is 42.3 Å². The highest BCUT2D eigenvalue weighted by molar-refractivity contribution is 5.94. The molecule has 0 spiro atoms. The van der Waals surface area contributed by atoms with Gasteiger partial charge in [-0.25, -0.2) is 0 Å². The van der Waals surface area contributed by atoms with E-state index in [2.05, 4.69) is 22.3 Å². The van der Waals surface area contributed by atoms with E-state index in [1.165, 1.54) is 70.1 Å². The van der Waals surface area contributed by atoms with Gasteiger partial charge in [0.2, 0.25) is 0 Å². The minimum atomic E-state index is -0.00872. The standard InChI is InChI=1S/C29H42N2O3.ClH/c32-27(30-25-12-10-24(11-13-25)28(33)34-26-4-2-1-3-5-26)23-8-6-22(7-9-23)14-15-29-16-19-31(20-17-29)21-18-29;/h6-9,24-26H,1-5,10-21H2,(H,30,32);1H. The molecule has 2 bridgehead atoms. The van der Waals surface area contributed by atoms with Crippen molar-refractivity contribution in [3.63, 3.8) is 0 Å². The number of halogens is 1. The third-order valence-electron chi connectivity index (χ3n) is 9.27. The normalized spacial score (nSPS) is 30.8. The first-order valence-electron chi connectivity index (χ1n) is 13.9. The van der Waals surface area contributed by atoms with Crippen molar-refractivity contribution < 1.29 is 14.3 Å². The summed E-state index contributed by atoms with van der Waals surface area (Å²) in [4.78, 5) is 27.9. The zero-order chi connectivity index (χ0) is 23.4. The fraction of sp³-hybridized carbons (Fsp3) is 0.724. The molecule has 3 saturated heterocycles. The van der Waals surface area contributed by atoms with Crippen molar-refractivity contribution in [2.24, 2.45) is 11.3 Å². The second-order valence-corrected chi connectivity index (χ2v) is 11.5. The predicted octanol–water partition coefficient (Wildman–Crippen LogP) is 5.69. The van der Waals surface area contributed by atoms with Crippen molar-refractivity contribution in [2.75, 3.05) is 19.6 Å². The number of nitrogens with zero attached hydrogens (tertiary/aromatic N) is 1. The third-order valence-corrected chi connectivity index (χ3v) is 9.27. The Balaban J connectivity index is 0.00000289. The van der Waals surface area contributed by atoms with Gasteiger partial charge in [0.1, 0.15) is 6.10 Å². The highest BCUT2D eigenvalue weighted by Crippen LogP contribution is 2.43. The first kappa shape index (κ1) is 26.5. The van der Waals surface area contributed by atoms with Crippen LogP contribution in [0.5, 0.6) is 0 Å². The molecule has 35 heavy (non-hydrogen) atoms. The number of hydrogen-bond acceptors (Lipinski definition) is 4. The Morgan fingerprint density at radius 3 is 2.14 bits per heavy atom. The molecule has 5 aliphatic rings. The first-order chi connectivity index (χ1) is 16.6. The van der Waals surface area contributed by atoms with Crippen LogP contribution in [0.3, 0.4) is 0 Å². The fourth-order valence-corrected chi connectivity index (χ4v) is 6.69. The van der Waals surface area contributed by atoms with E-state index in [0.717, 1.165) is 50.5 Å². The molecular weight excluding hydrogens is 460 g/mol. The van der Waals surface area contributed by atoms with Crippen LogP contribution >= 0.6 is 12.4 Å².